The van der Waals surface area contributed by atoms with Crippen LogP contribution in [-0.4, -0.2) is 34.6 Å². The molecule has 0 bridgehead atoms. The quantitative estimate of drug-likeness (QED) is 0.818. The molecule has 0 radical (unpaired) electrons. The summed E-state index contributed by atoms with van der Waals surface area (Å²) in [5.74, 6) is -0.885. The van der Waals surface area contributed by atoms with E-state index in [4.69, 9.17) is 5.11 Å². The van der Waals surface area contributed by atoms with Crippen molar-refractivity contribution < 1.29 is 14.7 Å². The lowest BCUT2D eigenvalue weighted by Gasteiger charge is -2.21. The number of urea groups is 1. The topological polar surface area (TPSA) is 69.6 Å². The van der Waals surface area contributed by atoms with Gasteiger partial charge >= 0.3 is 12.0 Å². The first-order valence-corrected chi connectivity index (χ1v) is 5.47. The SMILES string of the molecule is O=C(O)CC1CNC(=O)N1Cc1ccccc1. The average Bonchev–Trinajstić information content (AvgIpc) is 2.62. The molecule has 1 unspecified atom stereocenters. The van der Waals surface area contributed by atoms with Gasteiger partial charge in [-0.15, -0.1) is 0 Å². The average molecular weight is 234 g/mol. The second-order valence-corrected chi connectivity index (χ2v) is 4.05. The lowest BCUT2D eigenvalue weighted by Crippen LogP contribution is -2.35. The van der Waals surface area contributed by atoms with Crippen LogP contribution in [0.2, 0.25) is 0 Å². The molecule has 1 atom stereocenters. The zero-order valence-corrected chi connectivity index (χ0v) is 9.30. The molecule has 0 aliphatic carbocycles. The van der Waals surface area contributed by atoms with Crippen LogP contribution >= 0.6 is 0 Å². The summed E-state index contributed by atoms with van der Waals surface area (Å²) in [6.45, 7) is 0.850. The van der Waals surface area contributed by atoms with Crippen molar-refractivity contribution in [3.05, 3.63) is 35.9 Å². The third-order valence-corrected chi connectivity index (χ3v) is 2.80. The molecule has 1 aliphatic heterocycles. The zero-order chi connectivity index (χ0) is 12.3. The minimum absolute atomic E-state index is 0.0222. The van der Waals surface area contributed by atoms with Gasteiger partial charge in [0.05, 0.1) is 12.5 Å². The first-order valence-electron chi connectivity index (χ1n) is 5.47. The summed E-state index contributed by atoms with van der Waals surface area (Å²) in [6.07, 6.45) is -0.0222. The lowest BCUT2D eigenvalue weighted by atomic mass is 10.1. The van der Waals surface area contributed by atoms with Crippen molar-refractivity contribution in [2.75, 3.05) is 6.54 Å². The number of hydrogen-bond donors (Lipinski definition) is 2. The smallest absolute Gasteiger partial charge is 0.318 e. The Morgan fingerprint density at radius 3 is 2.76 bits per heavy atom. The monoisotopic (exact) mass is 234 g/mol. The number of hydrogen-bond acceptors (Lipinski definition) is 2. The number of carboxylic acids is 1. The Bertz CT molecular complexity index is 419. The van der Waals surface area contributed by atoms with Crippen LogP contribution in [0.25, 0.3) is 0 Å². The summed E-state index contributed by atoms with van der Waals surface area (Å²) in [5, 5.41) is 11.4. The van der Waals surface area contributed by atoms with Crippen LogP contribution in [0.15, 0.2) is 30.3 Å². The molecule has 1 saturated heterocycles. The maximum Gasteiger partial charge on any atom is 0.318 e. The normalized spacial score (nSPS) is 19.2. The second-order valence-electron chi connectivity index (χ2n) is 4.05. The summed E-state index contributed by atoms with van der Waals surface area (Å²) >= 11 is 0. The molecule has 1 aliphatic rings. The summed E-state index contributed by atoms with van der Waals surface area (Å²) in [7, 11) is 0. The fourth-order valence-corrected chi connectivity index (χ4v) is 1.95. The Balaban J connectivity index is 2.06. The first kappa shape index (κ1) is 11.4. The molecule has 1 fully saturated rings. The molecule has 17 heavy (non-hydrogen) atoms. The maximum absolute atomic E-state index is 11.6. The molecule has 2 amide bonds. The predicted octanol–water partition coefficient (Wildman–Crippen LogP) is 1.06. The Kier molecular flexibility index (Phi) is 3.27. The van der Waals surface area contributed by atoms with Crippen LogP contribution in [0.1, 0.15) is 12.0 Å². The minimum atomic E-state index is -0.885. The van der Waals surface area contributed by atoms with Crippen LogP contribution in [0.4, 0.5) is 4.79 Å². The summed E-state index contributed by atoms with van der Waals surface area (Å²) < 4.78 is 0. The molecular weight excluding hydrogens is 220 g/mol. The highest BCUT2D eigenvalue weighted by Gasteiger charge is 2.31. The number of carbonyl (C=O) groups is 2. The van der Waals surface area contributed by atoms with E-state index in [1.54, 1.807) is 4.90 Å². The number of benzene rings is 1. The van der Waals surface area contributed by atoms with Gasteiger partial charge in [-0.05, 0) is 5.56 Å². The Hall–Kier alpha value is -2.04. The van der Waals surface area contributed by atoms with E-state index in [0.29, 0.717) is 13.1 Å². The summed E-state index contributed by atoms with van der Waals surface area (Å²) in [4.78, 5) is 23.9. The van der Waals surface area contributed by atoms with Crippen LogP contribution < -0.4 is 5.32 Å². The number of amides is 2. The first-order chi connectivity index (χ1) is 8.16. The fraction of sp³-hybridized carbons (Fsp3) is 0.333. The highest BCUT2D eigenvalue weighted by molar-refractivity contribution is 5.78. The van der Waals surface area contributed by atoms with E-state index in [1.807, 2.05) is 30.3 Å². The third kappa shape index (κ3) is 2.75. The molecule has 2 N–H and O–H groups in total. The molecular formula is C12H14N2O3. The second kappa shape index (κ2) is 4.86. The van der Waals surface area contributed by atoms with Gasteiger partial charge in [0.15, 0.2) is 0 Å². The van der Waals surface area contributed by atoms with E-state index in [1.165, 1.54) is 0 Å². The van der Waals surface area contributed by atoms with Gasteiger partial charge in [-0.3, -0.25) is 4.79 Å². The molecule has 90 valence electrons. The molecule has 1 aromatic rings. The van der Waals surface area contributed by atoms with Gasteiger partial charge in [0.1, 0.15) is 0 Å². The van der Waals surface area contributed by atoms with Crippen molar-refractivity contribution in [2.24, 2.45) is 0 Å². The van der Waals surface area contributed by atoms with Gasteiger partial charge in [0, 0.05) is 13.1 Å². The van der Waals surface area contributed by atoms with Gasteiger partial charge in [0.25, 0.3) is 0 Å². The maximum atomic E-state index is 11.6. The van der Waals surface area contributed by atoms with Crippen LogP contribution in [0.3, 0.4) is 0 Å². The van der Waals surface area contributed by atoms with Crippen molar-refractivity contribution in [3.63, 3.8) is 0 Å². The van der Waals surface area contributed by atoms with Crippen LogP contribution in [0.5, 0.6) is 0 Å². The van der Waals surface area contributed by atoms with Gasteiger partial charge in [-0.1, -0.05) is 30.3 Å². The molecule has 5 nitrogen and oxygen atoms in total. The minimum Gasteiger partial charge on any atom is -0.481 e. The van der Waals surface area contributed by atoms with E-state index >= 15 is 0 Å². The zero-order valence-electron chi connectivity index (χ0n) is 9.30. The number of aliphatic carboxylic acids is 1. The summed E-state index contributed by atoms with van der Waals surface area (Å²) in [6, 6.07) is 9.08. The van der Waals surface area contributed by atoms with E-state index in [9.17, 15) is 9.59 Å². The van der Waals surface area contributed by atoms with Crippen LogP contribution in [-0.2, 0) is 11.3 Å². The number of nitrogens with zero attached hydrogens (tertiary/aromatic N) is 1. The molecule has 0 saturated carbocycles. The number of carbonyl (C=O) groups excluding carboxylic acids is 1. The number of nitrogens with one attached hydrogen (secondary N) is 1. The molecule has 1 aromatic carbocycles. The number of carboxylic acid groups (broad SMARTS) is 1. The molecule has 1 heterocycles. The van der Waals surface area contributed by atoms with Crippen molar-refractivity contribution in [1.82, 2.24) is 10.2 Å². The Morgan fingerprint density at radius 1 is 1.41 bits per heavy atom. The highest BCUT2D eigenvalue weighted by atomic mass is 16.4. The van der Waals surface area contributed by atoms with Gasteiger partial charge in [-0.2, -0.15) is 0 Å². The Morgan fingerprint density at radius 2 is 2.12 bits per heavy atom. The van der Waals surface area contributed by atoms with E-state index in [0.717, 1.165) is 5.56 Å². The van der Waals surface area contributed by atoms with Gasteiger partial charge < -0.3 is 15.3 Å². The third-order valence-electron chi connectivity index (χ3n) is 2.80. The van der Waals surface area contributed by atoms with Gasteiger partial charge in [0.2, 0.25) is 0 Å². The predicted molar refractivity (Wildman–Crippen MR) is 61.4 cm³/mol. The highest BCUT2D eigenvalue weighted by Crippen LogP contribution is 2.15. The van der Waals surface area contributed by atoms with E-state index < -0.39 is 5.97 Å². The van der Waals surface area contributed by atoms with Crippen molar-refractivity contribution in [2.45, 2.75) is 19.0 Å². The lowest BCUT2D eigenvalue weighted by molar-refractivity contribution is -0.137. The molecule has 0 aromatic heterocycles. The molecule has 2 rings (SSSR count). The van der Waals surface area contributed by atoms with Crippen molar-refractivity contribution in [1.29, 1.82) is 0 Å². The largest absolute Gasteiger partial charge is 0.481 e. The molecule has 0 spiro atoms. The van der Waals surface area contributed by atoms with E-state index in [2.05, 4.69) is 5.32 Å². The Labute approximate surface area is 99.0 Å². The van der Waals surface area contributed by atoms with Crippen LogP contribution in [0, 0.1) is 0 Å². The summed E-state index contributed by atoms with van der Waals surface area (Å²) in [5.41, 5.74) is 1.000. The molecule has 5 heteroatoms. The van der Waals surface area contributed by atoms with Crippen molar-refractivity contribution >= 4 is 12.0 Å². The van der Waals surface area contributed by atoms with E-state index in [-0.39, 0.29) is 18.5 Å². The standard InChI is InChI=1S/C12H14N2O3/c15-11(16)6-10-7-13-12(17)14(10)8-9-4-2-1-3-5-9/h1-5,10H,6-8H2,(H,13,17)(H,15,16). The number of rotatable bonds is 4. The van der Waals surface area contributed by atoms with Crippen molar-refractivity contribution in [3.8, 4) is 0 Å². The van der Waals surface area contributed by atoms with Gasteiger partial charge in [-0.25, -0.2) is 4.79 Å². The fourth-order valence-electron chi connectivity index (χ4n) is 1.95.